The van der Waals surface area contributed by atoms with Gasteiger partial charge in [0, 0.05) is 26.3 Å². The summed E-state index contributed by atoms with van der Waals surface area (Å²) in [6.45, 7) is 0. The van der Waals surface area contributed by atoms with E-state index in [1.807, 2.05) is 59.6 Å². The number of fused-ring (bicyclic) bond motifs is 1. The summed E-state index contributed by atoms with van der Waals surface area (Å²) in [5, 5.41) is 8.10. The molecule has 0 saturated carbocycles. The molecule has 0 saturated heterocycles. The summed E-state index contributed by atoms with van der Waals surface area (Å²) >= 11 is 7.24. The van der Waals surface area contributed by atoms with Crippen molar-refractivity contribution in [3.8, 4) is 11.3 Å². The largest absolute Gasteiger partial charge is 0.247 e. The Morgan fingerprint density at radius 2 is 1.40 bits per heavy atom. The number of para-hydroxylation sites is 1. The summed E-state index contributed by atoms with van der Waals surface area (Å²) in [6, 6.07) is 35.1. The minimum atomic E-state index is -0.0220. The Kier molecular flexibility index (Phi) is 5.92. The third-order valence-corrected chi connectivity index (χ3v) is 7.13. The first-order valence-electron chi connectivity index (χ1n) is 11.4. The van der Waals surface area contributed by atoms with Crippen molar-refractivity contribution in [2.75, 3.05) is 5.01 Å². The van der Waals surface area contributed by atoms with Crippen LogP contribution >= 0.6 is 31.9 Å². The predicted molar refractivity (Wildman–Crippen MR) is 150 cm³/mol. The lowest BCUT2D eigenvalue weighted by Crippen LogP contribution is -2.21. The number of hydrogen-bond acceptors (Lipinski definition) is 4. The summed E-state index contributed by atoms with van der Waals surface area (Å²) in [6.07, 6.45) is 0.754. The van der Waals surface area contributed by atoms with Gasteiger partial charge in [-0.3, -0.25) is 0 Å². The fraction of sp³-hybridized carbons (Fsp3) is 0.0690. The van der Waals surface area contributed by atoms with Crippen LogP contribution in [0.25, 0.3) is 22.2 Å². The second-order valence-corrected chi connectivity index (χ2v) is 10.3. The van der Waals surface area contributed by atoms with E-state index in [2.05, 4.69) is 80.4 Å². The Hall–Kier alpha value is -3.35. The average Bonchev–Trinajstić information content (AvgIpc) is 3.34. The Morgan fingerprint density at radius 3 is 2.20 bits per heavy atom. The smallest absolute Gasteiger partial charge is 0.223 e. The van der Waals surface area contributed by atoms with Gasteiger partial charge in [-0.1, -0.05) is 105 Å². The normalized spacial score (nSPS) is 15.4. The molecular formula is C29H20Br2N4. The molecule has 1 atom stereocenters. The number of rotatable bonds is 4. The summed E-state index contributed by atoms with van der Waals surface area (Å²) in [5.74, 6) is 0.595. The highest BCUT2D eigenvalue weighted by Gasteiger charge is 2.32. The second kappa shape index (κ2) is 9.36. The lowest BCUT2D eigenvalue weighted by Gasteiger charge is -2.23. The summed E-state index contributed by atoms with van der Waals surface area (Å²) in [4.78, 5) is 10.1. The maximum Gasteiger partial charge on any atom is 0.247 e. The Bertz CT molecular complexity index is 1570. The molecule has 0 aliphatic carbocycles. The van der Waals surface area contributed by atoms with E-state index >= 15 is 0 Å². The van der Waals surface area contributed by atoms with Gasteiger partial charge in [-0.05, 0) is 41.5 Å². The SMILES string of the molecule is Brc1cccc(C2=NN(c3nc(-c4ccccc4)c4ccccc4n3)C(c3cccc(Br)c3)C2)c1. The molecule has 1 aliphatic rings. The molecule has 5 aromatic rings. The zero-order chi connectivity index (χ0) is 23.8. The second-order valence-electron chi connectivity index (χ2n) is 8.43. The number of anilines is 1. The fourth-order valence-corrected chi connectivity index (χ4v) is 5.31. The predicted octanol–water partition coefficient (Wildman–Crippen LogP) is 8.18. The summed E-state index contributed by atoms with van der Waals surface area (Å²) in [7, 11) is 0. The van der Waals surface area contributed by atoms with Crippen LogP contribution in [0.3, 0.4) is 0 Å². The van der Waals surface area contributed by atoms with Gasteiger partial charge in [-0.2, -0.15) is 5.10 Å². The molecule has 35 heavy (non-hydrogen) atoms. The van der Waals surface area contributed by atoms with Gasteiger partial charge in [0.15, 0.2) is 0 Å². The average molecular weight is 584 g/mol. The Labute approximate surface area is 220 Å². The number of aromatic nitrogens is 2. The third kappa shape index (κ3) is 4.40. The van der Waals surface area contributed by atoms with Crippen LogP contribution in [-0.4, -0.2) is 15.7 Å². The van der Waals surface area contributed by atoms with Crippen LogP contribution in [0.4, 0.5) is 5.95 Å². The standard InChI is InChI=1S/C29H20Br2N4/c30-22-12-6-10-20(16-22)26-18-27(21-11-7-13-23(31)17-21)35(34-26)29-32-25-15-5-4-14-24(25)28(33-29)19-8-2-1-3-9-19/h1-17,27H,18H2. The molecular weight excluding hydrogens is 564 g/mol. The van der Waals surface area contributed by atoms with Crippen molar-refractivity contribution in [2.45, 2.75) is 12.5 Å². The highest BCUT2D eigenvalue weighted by molar-refractivity contribution is 9.10. The van der Waals surface area contributed by atoms with Gasteiger partial charge in [-0.15, -0.1) is 0 Å². The van der Waals surface area contributed by atoms with Crippen molar-refractivity contribution in [3.63, 3.8) is 0 Å². The quantitative estimate of drug-likeness (QED) is 0.214. The lowest BCUT2D eigenvalue weighted by molar-refractivity contribution is 0.688. The first-order chi connectivity index (χ1) is 17.2. The number of hydrogen-bond donors (Lipinski definition) is 0. The number of hydrazone groups is 1. The molecule has 2 heterocycles. The maximum absolute atomic E-state index is 5.09. The van der Waals surface area contributed by atoms with Gasteiger partial charge in [0.2, 0.25) is 5.95 Å². The third-order valence-electron chi connectivity index (χ3n) is 6.15. The van der Waals surface area contributed by atoms with Crippen LogP contribution < -0.4 is 5.01 Å². The van der Waals surface area contributed by atoms with Gasteiger partial charge in [0.05, 0.1) is 23.0 Å². The van der Waals surface area contributed by atoms with E-state index in [4.69, 9.17) is 15.1 Å². The molecule has 1 unspecified atom stereocenters. The minimum Gasteiger partial charge on any atom is -0.223 e. The zero-order valence-corrected chi connectivity index (χ0v) is 21.8. The van der Waals surface area contributed by atoms with Gasteiger partial charge in [-0.25, -0.2) is 15.0 Å². The molecule has 0 fully saturated rings. The molecule has 0 spiro atoms. The summed E-state index contributed by atoms with van der Waals surface area (Å²) in [5.41, 5.74) is 6.12. The van der Waals surface area contributed by atoms with Gasteiger partial charge >= 0.3 is 0 Å². The molecule has 1 aromatic heterocycles. The molecule has 0 N–H and O–H groups in total. The monoisotopic (exact) mass is 582 g/mol. The fourth-order valence-electron chi connectivity index (χ4n) is 4.49. The van der Waals surface area contributed by atoms with Gasteiger partial charge in [0.25, 0.3) is 0 Å². The highest BCUT2D eigenvalue weighted by Crippen LogP contribution is 2.38. The van der Waals surface area contributed by atoms with Crippen LogP contribution in [0.15, 0.2) is 117 Å². The number of nitrogens with zero attached hydrogens (tertiary/aromatic N) is 4. The van der Waals surface area contributed by atoms with Crippen LogP contribution in [0.5, 0.6) is 0 Å². The van der Waals surface area contributed by atoms with Crippen molar-refractivity contribution in [3.05, 3.63) is 123 Å². The van der Waals surface area contributed by atoms with E-state index in [1.165, 1.54) is 0 Å². The van der Waals surface area contributed by atoms with E-state index in [0.29, 0.717) is 5.95 Å². The zero-order valence-electron chi connectivity index (χ0n) is 18.6. The van der Waals surface area contributed by atoms with Crippen molar-refractivity contribution in [1.29, 1.82) is 0 Å². The highest BCUT2D eigenvalue weighted by atomic mass is 79.9. The van der Waals surface area contributed by atoms with Gasteiger partial charge in [0.1, 0.15) is 0 Å². The van der Waals surface area contributed by atoms with Crippen LogP contribution in [0, 0.1) is 0 Å². The van der Waals surface area contributed by atoms with E-state index in [9.17, 15) is 0 Å². The molecule has 0 bridgehead atoms. The minimum absolute atomic E-state index is 0.0220. The number of benzene rings is 4. The van der Waals surface area contributed by atoms with E-state index in [0.717, 1.165) is 54.4 Å². The lowest BCUT2D eigenvalue weighted by atomic mass is 9.98. The molecule has 1 aliphatic heterocycles. The molecule has 0 amide bonds. The Morgan fingerprint density at radius 1 is 0.686 bits per heavy atom. The van der Waals surface area contributed by atoms with E-state index < -0.39 is 0 Å². The molecule has 6 heteroatoms. The summed E-state index contributed by atoms with van der Waals surface area (Å²) < 4.78 is 2.07. The number of halogens is 2. The van der Waals surface area contributed by atoms with Crippen molar-refractivity contribution in [2.24, 2.45) is 5.10 Å². The van der Waals surface area contributed by atoms with Crippen molar-refractivity contribution in [1.82, 2.24) is 9.97 Å². The molecule has 6 rings (SSSR count). The van der Waals surface area contributed by atoms with E-state index in [1.54, 1.807) is 0 Å². The molecule has 0 radical (unpaired) electrons. The topological polar surface area (TPSA) is 41.4 Å². The van der Waals surface area contributed by atoms with Crippen molar-refractivity contribution < 1.29 is 0 Å². The first-order valence-corrected chi connectivity index (χ1v) is 12.9. The van der Waals surface area contributed by atoms with Gasteiger partial charge < -0.3 is 0 Å². The maximum atomic E-state index is 5.09. The molecule has 170 valence electrons. The van der Waals surface area contributed by atoms with E-state index in [-0.39, 0.29) is 6.04 Å². The van der Waals surface area contributed by atoms with Crippen LogP contribution in [0.1, 0.15) is 23.6 Å². The van der Waals surface area contributed by atoms with Crippen LogP contribution in [0.2, 0.25) is 0 Å². The first kappa shape index (κ1) is 22.1. The van der Waals surface area contributed by atoms with Crippen LogP contribution in [-0.2, 0) is 0 Å². The molecule has 4 aromatic carbocycles. The molecule has 4 nitrogen and oxygen atoms in total. The van der Waals surface area contributed by atoms with Crippen molar-refractivity contribution >= 4 is 54.4 Å². The Balaban J connectivity index is 1.54.